The molecule has 0 radical (unpaired) electrons. The zero-order valence-electron chi connectivity index (χ0n) is 24.7. The number of ether oxygens (including phenoxy) is 1. The van der Waals surface area contributed by atoms with Crippen LogP contribution in [0.5, 0.6) is 0 Å². The summed E-state index contributed by atoms with van der Waals surface area (Å²) in [5, 5.41) is 5.78. The van der Waals surface area contributed by atoms with Gasteiger partial charge in [-0.2, -0.15) is 0 Å². The quantitative estimate of drug-likeness (QED) is 0.375. The first kappa shape index (κ1) is 31.4. The number of amides is 3. The van der Waals surface area contributed by atoms with Crippen molar-refractivity contribution in [1.29, 1.82) is 0 Å². The van der Waals surface area contributed by atoms with Crippen LogP contribution in [0.25, 0.3) is 0 Å². The summed E-state index contributed by atoms with van der Waals surface area (Å²) < 4.78 is 5.45. The summed E-state index contributed by atoms with van der Waals surface area (Å²) in [5.74, 6) is 1.57. The van der Waals surface area contributed by atoms with Crippen molar-refractivity contribution in [2.75, 3.05) is 5.32 Å². The Labute approximate surface area is 233 Å². The maximum atomic E-state index is 14.4. The highest BCUT2D eigenvalue weighted by molar-refractivity contribution is 5.99. The third kappa shape index (κ3) is 8.35. The monoisotopic (exact) mass is 533 g/mol. The van der Waals surface area contributed by atoms with Crippen molar-refractivity contribution in [2.24, 2.45) is 5.92 Å². The van der Waals surface area contributed by atoms with E-state index in [4.69, 9.17) is 11.2 Å². The van der Waals surface area contributed by atoms with Crippen molar-refractivity contribution >= 4 is 23.6 Å². The molecule has 0 aromatic heterocycles. The van der Waals surface area contributed by atoms with Gasteiger partial charge in [0.1, 0.15) is 17.7 Å². The maximum absolute atomic E-state index is 14.4. The Morgan fingerprint density at radius 2 is 1.59 bits per heavy atom. The molecule has 210 valence electrons. The van der Waals surface area contributed by atoms with E-state index >= 15 is 0 Å². The summed E-state index contributed by atoms with van der Waals surface area (Å²) in [6.45, 7) is 16.7. The minimum Gasteiger partial charge on any atom is -0.444 e. The number of rotatable bonds is 9. The molecule has 2 aromatic carbocycles. The van der Waals surface area contributed by atoms with E-state index < -0.39 is 29.3 Å². The fourth-order valence-electron chi connectivity index (χ4n) is 4.14. The van der Waals surface area contributed by atoms with E-state index in [-0.39, 0.29) is 17.7 Å². The molecule has 7 heteroatoms. The second-order valence-corrected chi connectivity index (χ2v) is 11.7. The van der Waals surface area contributed by atoms with E-state index in [9.17, 15) is 14.4 Å². The van der Waals surface area contributed by atoms with Crippen LogP contribution in [0.1, 0.15) is 84.5 Å². The summed E-state index contributed by atoms with van der Waals surface area (Å²) in [4.78, 5) is 42.8. The largest absolute Gasteiger partial charge is 0.444 e. The summed E-state index contributed by atoms with van der Waals surface area (Å²) >= 11 is 0. The van der Waals surface area contributed by atoms with Crippen molar-refractivity contribution in [2.45, 2.75) is 92.0 Å². The summed E-state index contributed by atoms with van der Waals surface area (Å²) in [6.07, 6.45) is 5.44. The minimum atomic E-state index is -0.999. The van der Waals surface area contributed by atoms with Gasteiger partial charge in [-0.15, -0.1) is 6.42 Å². The predicted octanol–water partition coefficient (Wildman–Crippen LogP) is 6.22. The van der Waals surface area contributed by atoms with Crippen LogP contribution < -0.4 is 10.6 Å². The van der Waals surface area contributed by atoms with Crippen molar-refractivity contribution < 1.29 is 19.1 Å². The molecule has 0 saturated carbocycles. The standard InChI is InChI=1S/C32H43N3O4/c1-11-23-17-19-24(20-18-23)27(28(36)33-25-16-14-13-15-22(25)5)35(32(9,10)12-2)29(37)26(21(3)4)34-30(38)39-31(6,7)8/h1,13-21,26-27H,12H2,2-10H3,(H,33,36)(H,34,38). The van der Waals surface area contributed by atoms with Gasteiger partial charge in [0, 0.05) is 16.8 Å². The first-order valence-electron chi connectivity index (χ1n) is 13.4. The normalized spacial score (nSPS) is 13.2. The smallest absolute Gasteiger partial charge is 0.408 e. The summed E-state index contributed by atoms with van der Waals surface area (Å²) in [7, 11) is 0. The Kier molecular flexibility index (Phi) is 10.3. The molecule has 3 amide bonds. The molecule has 2 rings (SSSR count). The predicted molar refractivity (Wildman–Crippen MR) is 156 cm³/mol. The number of hydrogen-bond acceptors (Lipinski definition) is 4. The summed E-state index contributed by atoms with van der Waals surface area (Å²) in [5.41, 5.74) is 1.34. The van der Waals surface area contributed by atoms with E-state index in [1.807, 2.05) is 65.8 Å². The lowest BCUT2D eigenvalue weighted by atomic mass is 9.90. The molecule has 0 aliphatic heterocycles. The molecule has 0 bridgehead atoms. The third-order valence-electron chi connectivity index (χ3n) is 6.66. The minimum absolute atomic E-state index is 0.274. The van der Waals surface area contributed by atoms with E-state index in [1.165, 1.54) is 0 Å². The molecule has 2 unspecified atom stereocenters. The number of nitrogens with one attached hydrogen (secondary N) is 2. The van der Waals surface area contributed by atoms with Crippen LogP contribution >= 0.6 is 0 Å². The Morgan fingerprint density at radius 1 is 1.00 bits per heavy atom. The first-order chi connectivity index (χ1) is 18.1. The van der Waals surface area contributed by atoms with Crippen molar-refractivity contribution in [1.82, 2.24) is 10.2 Å². The Balaban J connectivity index is 2.65. The molecular formula is C32H43N3O4. The lowest BCUT2D eigenvalue weighted by Crippen LogP contribution is -2.60. The number of anilines is 1. The van der Waals surface area contributed by atoms with Crippen LogP contribution in [-0.2, 0) is 14.3 Å². The average Bonchev–Trinajstić information content (AvgIpc) is 2.85. The number of hydrogen-bond donors (Lipinski definition) is 2. The molecule has 2 aromatic rings. The number of terminal acetylenes is 1. The molecule has 0 heterocycles. The lowest BCUT2D eigenvalue weighted by molar-refractivity contribution is -0.148. The molecule has 2 atom stereocenters. The van der Waals surface area contributed by atoms with Gasteiger partial charge in [0.25, 0.3) is 5.91 Å². The van der Waals surface area contributed by atoms with Gasteiger partial charge in [0.15, 0.2) is 0 Å². The fourth-order valence-corrected chi connectivity index (χ4v) is 4.14. The van der Waals surface area contributed by atoms with Crippen molar-refractivity contribution in [3.05, 3.63) is 65.2 Å². The van der Waals surface area contributed by atoms with Gasteiger partial charge in [-0.05, 0) is 83.2 Å². The second-order valence-electron chi connectivity index (χ2n) is 11.7. The molecule has 39 heavy (non-hydrogen) atoms. The zero-order chi connectivity index (χ0) is 29.5. The lowest BCUT2D eigenvalue weighted by Gasteiger charge is -2.45. The van der Waals surface area contributed by atoms with Crippen LogP contribution in [0.15, 0.2) is 48.5 Å². The van der Waals surface area contributed by atoms with Gasteiger partial charge in [0.05, 0.1) is 0 Å². The van der Waals surface area contributed by atoms with E-state index in [2.05, 4.69) is 16.6 Å². The van der Waals surface area contributed by atoms with Crippen molar-refractivity contribution in [3.8, 4) is 12.3 Å². The van der Waals surface area contributed by atoms with Gasteiger partial charge >= 0.3 is 6.09 Å². The van der Waals surface area contributed by atoms with Crippen molar-refractivity contribution in [3.63, 3.8) is 0 Å². The molecule has 0 fully saturated rings. The Hall–Kier alpha value is -3.79. The highest BCUT2D eigenvalue weighted by Crippen LogP contribution is 2.34. The molecule has 0 aliphatic carbocycles. The highest BCUT2D eigenvalue weighted by atomic mass is 16.6. The van der Waals surface area contributed by atoms with E-state index in [0.717, 1.165) is 5.56 Å². The topological polar surface area (TPSA) is 87.7 Å². The Morgan fingerprint density at radius 3 is 2.08 bits per heavy atom. The van der Waals surface area contributed by atoms with Gasteiger partial charge in [-0.1, -0.05) is 57.0 Å². The molecule has 0 spiro atoms. The SMILES string of the molecule is C#Cc1ccc(C(C(=O)Nc2ccccc2C)N(C(=O)C(NC(=O)OC(C)(C)C)C(C)C)C(C)(C)CC)cc1. The summed E-state index contributed by atoms with van der Waals surface area (Å²) in [6, 6.07) is 12.6. The van der Waals surface area contributed by atoms with Crippen LogP contribution in [0, 0.1) is 25.2 Å². The highest BCUT2D eigenvalue weighted by Gasteiger charge is 2.44. The number of carbonyl (C=O) groups is 3. The van der Waals surface area contributed by atoms with Crippen LogP contribution in [0.4, 0.5) is 10.5 Å². The molecule has 0 aliphatic rings. The van der Waals surface area contributed by atoms with Crippen LogP contribution in [0.2, 0.25) is 0 Å². The number of para-hydroxylation sites is 1. The van der Waals surface area contributed by atoms with Gasteiger partial charge in [-0.3, -0.25) is 9.59 Å². The van der Waals surface area contributed by atoms with Crippen LogP contribution in [-0.4, -0.2) is 40.0 Å². The fraction of sp³-hybridized carbons (Fsp3) is 0.469. The number of benzene rings is 2. The molecule has 2 N–H and O–H groups in total. The maximum Gasteiger partial charge on any atom is 0.408 e. The third-order valence-corrected chi connectivity index (χ3v) is 6.66. The number of nitrogens with zero attached hydrogens (tertiary/aromatic N) is 1. The molecular weight excluding hydrogens is 490 g/mol. The Bertz CT molecular complexity index is 1200. The first-order valence-corrected chi connectivity index (χ1v) is 13.4. The van der Waals surface area contributed by atoms with Gasteiger partial charge in [-0.25, -0.2) is 4.79 Å². The van der Waals surface area contributed by atoms with Gasteiger partial charge < -0.3 is 20.3 Å². The van der Waals surface area contributed by atoms with Crippen LogP contribution in [0.3, 0.4) is 0 Å². The van der Waals surface area contributed by atoms with E-state index in [0.29, 0.717) is 23.2 Å². The zero-order valence-corrected chi connectivity index (χ0v) is 24.7. The van der Waals surface area contributed by atoms with E-state index in [1.54, 1.807) is 49.9 Å². The molecule has 0 saturated heterocycles. The van der Waals surface area contributed by atoms with Gasteiger partial charge in [0.2, 0.25) is 5.91 Å². The average molecular weight is 534 g/mol. The number of alkyl carbamates (subject to hydrolysis) is 1. The number of aryl methyl sites for hydroxylation is 1. The second kappa shape index (κ2) is 12.8. The number of carbonyl (C=O) groups excluding carboxylic acids is 3. The molecule has 7 nitrogen and oxygen atoms in total.